The number of hydrogen-bond donors (Lipinski definition) is 0. The Morgan fingerprint density at radius 3 is 2.60 bits per heavy atom. The van der Waals surface area contributed by atoms with Gasteiger partial charge in [-0.1, -0.05) is 28.4 Å². The molecule has 2 aromatic rings. The van der Waals surface area contributed by atoms with Crippen LogP contribution in [0.5, 0.6) is 5.75 Å². The maximum absolute atomic E-state index is 6.30. The molecule has 134 valence electrons. The molecule has 0 N–H and O–H groups in total. The van der Waals surface area contributed by atoms with Crippen LogP contribution in [0.4, 0.5) is 0 Å². The van der Waals surface area contributed by atoms with E-state index in [9.17, 15) is 0 Å². The van der Waals surface area contributed by atoms with Gasteiger partial charge in [-0.3, -0.25) is 4.99 Å². The van der Waals surface area contributed by atoms with E-state index in [4.69, 9.17) is 37.2 Å². The van der Waals surface area contributed by atoms with Crippen LogP contribution < -0.4 is 4.74 Å². The van der Waals surface area contributed by atoms with Crippen molar-refractivity contribution in [1.82, 2.24) is 5.16 Å². The molecule has 1 aliphatic rings. The van der Waals surface area contributed by atoms with Crippen molar-refractivity contribution < 1.29 is 14.0 Å². The Labute approximate surface area is 156 Å². The molecule has 1 aromatic carbocycles. The number of aromatic nitrogens is 1. The van der Waals surface area contributed by atoms with Gasteiger partial charge in [0, 0.05) is 24.3 Å². The second-order valence-electron chi connectivity index (χ2n) is 5.92. The van der Waals surface area contributed by atoms with Gasteiger partial charge in [-0.15, -0.1) is 0 Å². The maximum atomic E-state index is 6.30. The lowest BCUT2D eigenvalue weighted by molar-refractivity contribution is 0.111. The molecule has 0 aliphatic carbocycles. The third kappa shape index (κ3) is 4.97. The van der Waals surface area contributed by atoms with Crippen molar-refractivity contribution >= 4 is 29.4 Å². The Bertz CT molecular complexity index is 723. The second kappa shape index (κ2) is 8.70. The van der Waals surface area contributed by atoms with E-state index in [2.05, 4.69) is 10.1 Å². The fraction of sp³-hybridized carbons (Fsp3) is 0.444. The van der Waals surface area contributed by atoms with Gasteiger partial charge in [0.25, 0.3) is 0 Å². The third-order valence-electron chi connectivity index (χ3n) is 3.87. The van der Waals surface area contributed by atoms with Gasteiger partial charge in [-0.2, -0.15) is 0 Å². The Balaban J connectivity index is 1.44. The fourth-order valence-corrected chi connectivity index (χ4v) is 3.26. The Morgan fingerprint density at radius 2 is 1.96 bits per heavy atom. The minimum absolute atomic E-state index is 0.330. The number of halogens is 2. The van der Waals surface area contributed by atoms with Crippen molar-refractivity contribution in [3.63, 3.8) is 0 Å². The van der Waals surface area contributed by atoms with Crippen LogP contribution in [-0.4, -0.2) is 24.6 Å². The molecule has 1 aromatic heterocycles. The van der Waals surface area contributed by atoms with Crippen LogP contribution in [0.1, 0.15) is 42.5 Å². The highest BCUT2D eigenvalue weighted by Gasteiger charge is 2.18. The van der Waals surface area contributed by atoms with Crippen LogP contribution in [0.25, 0.3) is 0 Å². The molecule has 0 radical (unpaired) electrons. The smallest absolute Gasteiger partial charge is 0.174 e. The summed E-state index contributed by atoms with van der Waals surface area (Å²) in [6, 6.07) is 5.56. The summed E-state index contributed by atoms with van der Waals surface area (Å²) in [5.74, 6) is 1.44. The molecule has 0 saturated heterocycles. The number of unbranched alkanes of at least 4 members (excludes halogenated alkanes) is 2. The number of aliphatic imine (C=N–C) groups is 1. The molecule has 0 bridgehead atoms. The third-order valence-corrected chi connectivity index (χ3v) is 4.43. The topological polar surface area (TPSA) is 56.9 Å². The monoisotopic (exact) mass is 382 g/mol. The lowest BCUT2D eigenvalue weighted by Crippen LogP contribution is -2.01. The number of ether oxygens (including phenoxy) is 2. The SMILES string of the molecule is Cc1cc(CCCCCOc2c(Cl)cc(C3N=CCO3)cc2Cl)on1. The van der Waals surface area contributed by atoms with Crippen molar-refractivity contribution in [2.45, 2.75) is 38.8 Å². The molecule has 1 unspecified atom stereocenters. The Hall–Kier alpha value is -1.56. The first-order chi connectivity index (χ1) is 12.1. The van der Waals surface area contributed by atoms with Crippen molar-refractivity contribution in [3.8, 4) is 5.75 Å². The first-order valence-electron chi connectivity index (χ1n) is 8.30. The maximum Gasteiger partial charge on any atom is 0.174 e. The van der Waals surface area contributed by atoms with Crippen molar-refractivity contribution in [2.24, 2.45) is 4.99 Å². The van der Waals surface area contributed by atoms with E-state index in [1.165, 1.54) is 0 Å². The number of benzene rings is 1. The van der Waals surface area contributed by atoms with Crippen molar-refractivity contribution in [1.29, 1.82) is 0 Å². The molecule has 0 fully saturated rings. The van der Waals surface area contributed by atoms with Gasteiger partial charge in [-0.05, 0) is 38.3 Å². The van der Waals surface area contributed by atoms with Crippen LogP contribution in [0.2, 0.25) is 10.0 Å². The van der Waals surface area contributed by atoms with E-state index in [1.54, 1.807) is 18.3 Å². The minimum Gasteiger partial charge on any atom is -0.490 e. The highest BCUT2D eigenvalue weighted by atomic mass is 35.5. The average molecular weight is 383 g/mol. The van der Waals surface area contributed by atoms with E-state index in [-0.39, 0.29) is 6.23 Å². The second-order valence-corrected chi connectivity index (χ2v) is 6.74. The highest BCUT2D eigenvalue weighted by molar-refractivity contribution is 6.37. The van der Waals surface area contributed by atoms with E-state index < -0.39 is 0 Å². The minimum atomic E-state index is -0.330. The summed E-state index contributed by atoms with van der Waals surface area (Å²) >= 11 is 12.6. The van der Waals surface area contributed by atoms with Gasteiger partial charge in [0.15, 0.2) is 12.0 Å². The summed E-state index contributed by atoms with van der Waals surface area (Å²) in [4.78, 5) is 4.22. The molecular weight excluding hydrogens is 363 g/mol. The van der Waals surface area contributed by atoms with E-state index in [0.29, 0.717) is 29.0 Å². The van der Waals surface area contributed by atoms with Crippen LogP contribution in [0, 0.1) is 6.92 Å². The summed E-state index contributed by atoms with van der Waals surface area (Å²) in [6.07, 6.45) is 5.25. The summed E-state index contributed by atoms with van der Waals surface area (Å²) in [5.41, 5.74) is 1.75. The molecular formula is C18H20Cl2N2O3. The quantitative estimate of drug-likeness (QED) is 0.590. The summed E-state index contributed by atoms with van der Waals surface area (Å²) in [5, 5.41) is 4.83. The standard InChI is InChI=1S/C18H20Cl2N2O3/c1-12-9-14(25-22-12)5-3-2-4-7-23-17-15(19)10-13(11-16(17)20)18-21-6-8-24-18/h6,9-11,18H,2-5,7-8H2,1H3. The molecule has 0 amide bonds. The summed E-state index contributed by atoms with van der Waals surface area (Å²) < 4.78 is 16.4. The van der Waals surface area contributed by atoms with Crippen molar-refractivity contribution in [2.75, 3.05) is 13.2 Å². The van der Waals surface area contributed by atoms with E-state index in [1.807, 2.05) is 13.0 Å². The Morgan fingerprint density at radius 1 is 1.16 bits per heavy atom. The van der Waals surface area contributed by atoms with Crippen LogP contribution in [0.15, 0.2) is 27.7 Å². The van der Waals surface area contributed by atoms with Gasteiger partial charge >= 0.3 is 0 Å². The van der Waals surface area contributed by atoms with Gasteiger partial charge in [-0.25, -0.2) is 0 Å². The Kier molecular flexibility index (Phi) is 6.34. The first-order valence-corrected chi connectivity index (χ1v) is 9.06. The van der Waals surface area contributed by atoms with Gasteiger partial charge in [0.1, 0.15) is 5.76 Å². The van der Waals surface area contributed by atoms with Gasteiger partial charge in [0.2, 0.25) is 0 Å². The van der Waals surface area contributed by atoms with Crippen LogP contribution in [-0.2, 0) is 11.2 Å². The van der Waals surface area contributed by atoms with E-state index in [0.717, 1.165) is 42.7 Å². The zero-order valence-electron chi connectivity index (χ0n) is 14.0. The molecule has 3 rings (SSSR count). The first kappa shape index (κ1) is 18.2. The predicted molar refractivity (Wildman–Crippen MR) is 97.9 cm³/mol. The zero-order chi connectivity index (χ0) is 17.6. The number of nitrogens with zero attached hydrogens (tertiary/aromatic N) is 2. The molecule has 7 heteroatoms. The molecule has 0 saturated carbocycles. The molecule has 1 atom stereocenters. The molecule has 5 nitrogen and oxygen atoms in total. The number of hydrogen-bond acceptors (Lipinski definition) is 5. The lowest BCUT2D eigenvalue weighted by Gasteiger charge is -2.14. The normalized spacial score (nSPS) is 16.5. The van der Waals surface area contributed by atoms with Crippen molar-refractivity contribution in [3.05, 3.63) is 45.3 Å². The average Bonchev–Trinajstić information content (AvgIpc) is 3.24. The predicted octanol–water partition coefficient (Wildman–Crippen LogP) is 5.18. The fourth-order valence-electron chi connectivity index (χ4n) is 2.64. The van der Waals surface area contributed by atoms with Gasteiger partial charge in [0.05, 0.1) is 29.0 Å². The van der Waals surface area contributed by atoms with Crippen LogP contribution >= 0.6 is 23.2 Å². The van der Waals surface area contributed by atoms with E-state index >= 15 is 0 Å². The zero-order valence-corrected chi connectivity index (χ0v) is 15.5. The summed E-state index contributed by atoms with van der Waals surface area (Å²) in [6.45, 7) is 2.99. The molecule has 0 spiro atoms. The summed E-state index contributed by atoms with van der Waals surface area (Å²) in [7, 11) is 0. The van der Waals surface area contributed by atoms with Gasteiger partial charge < -0.3 is 14.0 Å². The number of rotatable bonds is 8. The molecule has 25 heavy (non-hydrogen) atoms. The van der Waals surface area contributed by atoms with Crippen LogP contribution in [0.3, 0.4) is 0 Å². The lowest BCUT2D eigenvalue weighted by atomic mass is 10.1. The molecule has 1 aliphatic heterocycles. The number of aryl methyl sites for hydroxylation is 2. The highest BCUT2D eigenvalue weighted by Crippen LogP contribution is 2.37. The molecule has 2 heterocycles. The largest absolute Gasteiger partial charge is 0.490 e.